The van der Waals surface area contributed by atoms with Gasteiger partial charge in [0.1, 0.15) is 5.82 Å². The summed E-state index contributed by atoms with van der Waals surface area (Å²) < 4.78 is 14.6. The van der Waals surface area contributed by atoms with Crippen LogP contribution in [-0.2, 0) is 13.0 Å². The van der Waals surface area contributed by atoms with Gasteiger partial charge in [0.15, 0.2) is 5.78 Å². The molecule has 3 rings (SSSR count). The SMILES string of the molecule is O=C1CCc2c1[nH]c(CNc1ccc(I)cc1F)c2C(=O)O. The Morgan fingerprint density at radius 3 is 2.86 bits per heavy atom. The molecule has 3 N–H and O–H groups in total. The maximum Gasteiger partial charge on any atom is 0.337 e. The summed E-state index contributed by atoms with van der Waals surface area (Å²) in [5.74, 6) is -1.56. The Labute approximate surface area is 139 Å². The van der Waals surface area contributed by atoms with Crippen molar-refractivity contribution >= 4 is 40.0 Å². The van der Waals surface area contributed by atoms with Crippen molar-refractivity contribution in [1.82, 2.24) is 4.98 Å². The molecule has 0 saturated carbocycles. The van der Waals surface area contributed by atoms with Crippen LogP contribution in [0.15, 0.2) is 18.2 Å². The molecule has 0 atom stereocenters. The number of aromatic nitrogens is 1. The van der Waals surface area contributed by atoms with Crippen molar-refractivity contribution in [3.05, 3.63) is 50.1 Å². The number of anilines is 1. The number of benzene rings is 1. The van der Waals surface area contributed by atoms with E-state index in [9.17, 15) is 19.1 Å². The number of carboxylic acid groups (broad SMARTS) is 1. The van der Waals surface area contributed by atoms with Gasteiger partial charge in [0.05, 0.1) is 23.5 Å². The molecule has 5 nitrogen and oxygen atoms in total. The van der Waals surface area contributed by atoms with E-state index >= 15 is 0 Å². The standard InChI is InChI=1S/C15H12FIN2O3/c16-9-5-7(17)1-3-10(9)18-6-11-13(15(21)22)8-2-4-12(20)14(8)19-11/h1,3,5,18-19H,2,4,6H2,(H,21,22). The number of hydrogen-bond donors (Lipinski definition) is 3. The largest absolute Gasteiger partial charge is 0.478 e. The molecule has 0 amide bonds. The number of carbonyl (C=O) groups is 2. The summed E-state index contributed by atoms with van der Waals surface area (Å²) in [7, 11) is 0. The van der Waals surface area contributed by atoms with E-state index in [0.29, 0.717) is 29.8 Å². The highest BCUT2D eigenvalue weighted by Gasteiger charge is 2.30. The molecule has 2 aromatic rings. The van der Waals surface area contributed by atoms with Crippen LogP contribution in [0.25, 0.3) is 0 Å². The van der Waals surface area contributed by atoms with Gasteiger partial charge in [0.25, 0.3) is 0 Å². The first-order valence-electron chi connectivity index (χ1n) is 6.66. The van der Waals surface area contributed by atoms with Gasteiger partial charge in [-0.3, -0.25) is 4.79 Å². The lowest BCUT2D eigenvalue weighted by Gasteiger charge is -2.08. The van der Waals surface area contributed by atoms with E-state index in [0.717, 1.165) is 3.57 Å². The molecule has 0 bridgehead atoms. The molecule has 1 aliphatic rings. The fourth-order valence-electron chi connectivity index (χ4n) is 2.65. The predicted molar refractivity (Wildman–Crippen MR) is 86.8 cm³/mol. The average Bonchev–Trinajstić information content (AvgIpc) is 2.98. The van der Waals surface area contributed by atoms with Gasteiger partial charge in [0.2, 0.25) is 0 Å². The lowest BCUT2D eigenvalue weighted by Crippen LogP contribution is -2.09. The molecule has 0 unspecified atom stereocenters. The highest BCUT2D eigenvalue weighted by Crippen LogP contribution is 2.28. The van der Waals surface area contributed by atoms with E-state index in [1.54, 1.807) is 12.1 Å². The number of Topliss-reactive ketones (excluding diaryl/α,β-unsaturated/α-hetero) is 1. The van der Waals surface area contributed by atoms with Gasteiger partial charge in [0, 0.05) is 15.7 Å². The number of halogens is 2. The van der Waals surface area contributed by atoms with Gasteiger partial charge < -0.3 is 15.4 Å². The van der Waals surface area contributed by atoms with Gasteiger partial charge in [-0.2, -0.15) is 0 Å². The van der Waals surface area contributed by atoms with E-state index in [2.05, 4.69) is 10.3 Å². The summed E-state index contributed by atoms with van der Waals surface area (Å²) in [6, 6.07) is 4.74. The smallest absolute Gasteiger partial charge is 0.337 e. The van der Waals surface area contributed by atoms with Gasteiger partial charge >= 0.3 is 5.97 Å². The molecule has 114 valence electrons. The van der Waals surface area contributed by atoms with E-state index in [1.165, 1.54) is 6.07 Å². The summed E-state index contributed by atoms with van der Waals surface area (Å²) in [5.41, 5.74) is 1.73. The number of aromatic carboxylic acids is 1. The first-order valence-corrected chi connectivity index (χ1v) is 7.74. The molecular formula is C15H12FIN2O3. The number of hydrogen-bond acceptors (Lipinski definition) is 3. The third-order valence-electron chi connectivity index (χ3n) is 3.66. The van der Waals surface area contributed by atoms with Gasteiger partial charge in [-0.05, 0) is 52.8 Å². The molecular weight excluding hydrogens is 402 g/mol. The molecule has 0 radical (unpaired) electrons. The first-order chi connectivity index (χ1) is 10.5. The minimum atomic E-state index is -1.08. The van der Waals surface area contributed by atoms with Crippen LogP contribution in [-0.4, -0.2) is 21.8 Å². The van der Waals surface area contributed by atoms with E-state index in [-0.39, 0.29) is 23.6 Å². The maximum absolute atomic E-state index is 13.8. The molecule has 0 aliphatic heterocycles. The van der Waals surface area contributed by atoms with Crippen molar-refractivity contribution in [3.63, 3.8) is 0 Å². The summed E-state index contributed by atoms with van der Waals surface area (Å²) >= 11 is 2.01. The Morgan fingerprint density at radius 1 is 1.41 bits per heavy atom. The van der Waals surface area contributed by atoms with E-state index in [4.69, 9.17) is 0 Å². The van der Waals surface area contributed by atoms with Crippen molar-refractivity contribution < 1.29 is 19.1 Å². The molecule has 0 saturated heterocycles. The number of H-pyrrole nitrogens is 1. The molecule has 1 aromatic carbocycles. The van der Waals surface area contributed by atoms with Gasteiger partial charge in [-0.15, -0.1) is 0 Å². The summed E-state index contributed by atoms with van der Waals surface area (Å²) in [6.45, 7) is 0.111. The average molecular weight is 414 g/mol. The zero-order valence-electron chi connectivity index (χ0n) is 11.4. The zero-order valence-corrected chi connectivity index (χ0v) is 13.5. The third-order valence-corrected chi connectivity index (χ3v) is 4.33. The van der Waals surface area contributed by atoms with E-state index < -0.39 is 11.8 Å². The van der Waals surface area contributed by atoms with Crippen LogP contribution in [0.5, 0.6) is 0 Å². The number of nitrogens with one attached hydrogen (secondary N) is 2. The van der Waals surface area contributed by atoms with Crippen LogP contribution in [0.2, 0.25) is 0 Å². The molecule has 1 aromatic heterocycles. The fourth-order valence-corrected chi connectivity index (χ4v) is 3.11. The molecule has 7 heteroatoms. The first kappa shape index (κ1) is 15.0. The quantitative estimate of drug-likeness (QED) is 0.672. The van der Waals surface area contributed by atoms with Crippen LogP contribution < -0.4 is 5.32 Å². The summed E-state index contributed by atoms with van der Waals surface area (Å²) in [6.07, 6.45) is 0.769. The lowest BCUT2D eigenvalue weighted by molar-refractivity contribution is 0.0694. The predicted octanol–water partition coefficient (Wildman–Crippen LogP) is 3.20. The second kappa shape index (κ2) is 5.71. The molecule has 1 aliphatic carbocycles. The van der Waals surface area contributed by atoms with Crippen LogP contribution in [0.4, 0.5) is 10.1 Å². The Balaban J connectivity index is 1.88. The zero-order chi connectivity index (χ0) is 15.9. The normalized spacial score (nSPS) is 13.3. The van der Waals surface area contributed by atoms with Crippen molar-refractivity contribution in [2.45, 2.75) is 19.4 Å². The topological polar surface area (TPSA) is 82.2 Å². The molecule has 0 fully saturated rings. The van der Waals surface area contributed by atoms with Crippen molar-refractivity contribution in [2.24, 2.45) is 0 Å². The van der Waals surface area contributed by atoms with Crippen molar-refractivity contribution in [1.29, 1.82) is 0 Å². The minimum Gasteiger partial charge on any atom is -0.478 e. The number of fused-ring (bicyclic) bond motifs is 1. The minimum absolute atomic E-state index is 0.0794. The monoisotopic (exact) mass is 414 g/mol. The number of rotatable bonds is 4. The molecule has 22 heavy (non-hydrogen) atoms. The highest BCUT2D eigenvalue weighted by molar-refractivity contribution is 14.1. The summed E-state index contributed by atoms with van der Waals surface area (Å²) in [5, 5.41) is 12.2. The van der Waals surface area contributed by atoms with Crippen LogP contribution >= 0.6 is 22.6 Å². The Kier molecular flexibility index (Phi) is 3.90. The van der Waals surface area contributed by atoms with Crippen molar-refractivity contribution in [2.75, 3.05) is 5.32 Å². The number of ketones is 1. The third kappa shape index (κ3) is 2.60. The lowest BCUT2D eigenvalue weighted by atomic mass is 10.1. The fraction of sp³-hybridized carbons (Fsp3) is 0.200. The van der Waals surface area contributed by atoms with Crippen LogP contribution in [0.3, 0.4) is 0 Å². The molecule has 0 spiro atoms. The van der Waals surface area contributed by atoms with E-state index in [1.807, 2.05) is 22.6 Å². The Hall–Kier alpha value is -1.90. The van der Waals surface area contributed by atoms with Gasteiger partial charge in [-0.25, -0.2) is 9.18 Å². The molecule has 1 heterocycles. The van der Waals surface area contributed by atoms with Gasteiger partial charge in [-0.1, -0.05) is 0 Å². The highest BCUT2D eigenvalue weighted by atomic mass is 127. The van der Waals surface area contributed by atoms with Crippen molar-refractivity contribution in [3.8, 4) is 0 Å². The number of aromatic amines is 1. The Morgan fingerprint density at radius 2 is 2.18 bits per heavy atom. The Bertz CT molecular complexity index is 785. The number of carboxylic acids is 1. The summed E-state index contributed by atoms with van der Waals surface area (Å²) in [4.78, 5) is 26.0. The maximum atomic E-state index is 13.8. The van der Waals surface area contributed by atoms with Crippen LogP contribution in [0.1, 0.15) is 38.5 Å². The second-order valence-corrected chi connectivity index (χ2v) is 6.28. The van der Waals surface area contributed by atoms with Crippen LogP contribution in [0, 0.1) is 9.39 Å². The number of carbonyl (C=O) groups excluding carboxylic acids is 1. The second-order valence-electron chi connectivity index (χ2n) is 5.04.